The summed E-state index contributed by atoms with van der Waals surface area (Å²) in [5.74, 6) is 2.41. The Bertz CT molecular complexity index is 674. The van der Waals surface area contributed by atoms with Gasteiger partial charge in [0.1, 0.15) is 12.4 Å². The number of carbonyl (C=O) groups is 1. The standard InChI is InChI=1S/C17H15NO3/c1-2-10-20-17(19)14-7-5-6-13(11-14)12-21-16-9-4-3-8-15(16)18/h1,3-9,11H,10,12,18H2. The molecular weight excluding hydrogens is 266 g/mol. The van der Waals surface area contributed by atoms with E-state index in [0.717, 1.165) is 5.56 Å². The van der Waals surface area contributed by atoms with Gasteiger partial charge in [-0.25, -0.2) is 4.79 Å². The molecule has 0 unspecified atom stereocenters. The van der Waals surface area contributed by atoms with E-state index < -0.39 is 5.97 Å². The zero-order valence-electron chi connectivity index (χ0n) is 11.4. The molecule has 0 amide bonds. The van der Waals surface area contributed by atoms with Crippen molar-refractivity contribution in [3.8, 4) is 18.1 Å². The fourth-order valence-electron chi connectivity index (χ4n) is 1.75. The smallest absolute Gasteiger partial charge is 0.339 e. The third kappa shape index (κ3) is 4.02. The first-order valence-corrected chi connectivity index (χ1v) is 6.37. The third-order valence-corrected chi connectivity index (χ3v) is 2.76. The second-order valence-corrected chi connectivity index (χ2v) is 4.31. The van der Waals surface area contributed by atoms with Gasteiger partial charge in [-0.3, -0.25) is 0 Å². The lowest BCUT2D eigenvalue weighted by Crippen LogP contribution is -2.06. The Morgan fingerprint density at radius 3 is 2.76 bits per heavy atom. The highest BCUT2D eigenvalue weighted by atomic mass is 16.5. The van der Waals surface area contributed by atoms with Gasteiger partial charge < -0.3 is 15.2 Å². The van der Waals surface area contributed by atoms with Gasteiger partial charge in [-0.2, -0.15) is 0 Å². The molecule has 0 heterocycles. The molecule has 0 fully saturated rings. The van der Waals surface area contributed by atoms with E-state index >= 15 is 0 Å². The van der Waals surface area contributed by atoms with Crippen LogP contribution in [0.15, 0.2) is 48.5 Å². The van der Waals surface area contributed by atoms with Crippen molar-refractivity contribution in [1.82, 2.24) is 0 Å². The van der Waals surface area contributed by atoms with Gasteiger partial charge in [0.15, 0.2) is 6.61 Å². The van der Waals surface area contributed by atoms with Crippen molar-refractivity contribution in [2.45, 2.75) is 6.61 Å². The summed E-state index contributed by atoms with van der Waals surface area (Å²) in [6.07, 6.45) is 5.05. The third-order valence-electron chi connectivity index (χ3n) is 2.76. The quantitative estimate of drug-likeness (QED) is 0.520. The highest BCUT2D eigenvalue weighted by Gasteiger charge is 2.07. The molecule has 0 atom stereocenters. The number of hydrogen-bond donors (Lipinski definition) is 1. The summed E-state index contributed by atoms with van der Waals surface area (Å²) in [5.41, 5.74) is 7.65. The summed E-state index contributed by atoms with van der Waals surface area (Å²) in [5, 5.41) is 0. The van der Waals surface area contributed by atoms with E-state index in [2.05, 4.69) is 5.92 Å². The van der Waals surface area contributed by atoms with Crippen LogP contribution in [0.4, 0.5) is 5.69 Å². The van der Waals surface area contributed by atoms with E-state index in [1.165, 1.54) is 0 Å². The highest BCUT2D eigenvalue weighted by molar-refractivity contribution is 5.89. The van der Waals surface area contributed by atoms with Gasteiger partial charge in [0.25, 0.3) is 0 Å². The van der Waals surface area contributed by atoms with Gasteiger partial charge in [0.2, 0.25) is 0 Å². The zero-order valence-corrected chi connectivity index (χ0v) is 11.4. The van der Waals surface area contributed by atoms with Gasteiger partial charge in [0.05, 0.1) is 11.3 Å². The largest absolute Gasteiger partial charge is 0.487 e. The molecule has 0 saturated carbocycles. The first-order valence-electron chi connectivity index (χ1n) is 6.37. The number of hydrogen-bond acceptors (Lipinski definition) is 4. The van der Waals surface area contributed by atoms with Crippen molar-refractivity contribution < 1.29 is 14.3 Å². The number of benzene rings is 2. The van der Waals surface area contributed by atoms with Gasteiger partial charge >= 0.3 is 5.97 Å². The van der Waals surface area contributed by atoms with Gasteiger partial charge in [0, 0.05) is 0 Å². The number of esters is 1. The monoisotopic (exact) mass is 281 g/mol. The fourth-order valence-corrected chi connectivity index (χ4v) is 1.75. The van der Waals surface area contributed by atoms with Crippen LogP contribution in [-0.4, -0.2) is 12.6 Å². The number of para-hydroxylation sites is 2. The Morgan fingerprint density at radius 2 is 2.00 bits per heavy atom. The summed E-state index contributed by atoms with van der Waals surface area (Å²) in [7, 11) is 0. The molecule has 4 heteroatoms. The van der Waals surface area contributed by atoms with Gasteiger partial charge in [-0.05, 0) is 29.8 Å². The van der Waals surface area contributed by atoms with E-state index in [4.69, 9.17) is 21.6 Å². The molecule has 2 rings (SSSR count). The SMILES string of the molecule is C#CCOC(=O)c1cccc(COc2ccccc2N)c1. The molecule has 0 spiro atoms. The summed E-state index contributed by atoms with van der Waals surface area (Å²) in [6.45, 7) is 0.268. The Labute approximate surface area is 123 Å². The minimum atomic E-state index is -0.450. The number of nitrogens with two attached hydrogens (primary N) is 1. The maximum absolute atomic E-state index is 11.7. The number of nitrogen functional groups attached to an aromatic ring is 1. The Kier molecular flexibility index (Phi) is 4.84. The molecule has 0 aliphatic rings. The number of terminal acetylenes is 1. The van der Waals surface area contributed by atoms with Gasteiger partial charge in [-0.15, -0.1) is 6.42 Å². The van der Waals surface area contributed by atoms with Crippen molar-refractivity contribution in [2.24, 2.45) is 0 Å². The molecule has 0 radical (unpaired) electrons. The minimum absolute atomic E-state index is 0.0416. The van der Waals surface area contributed by atoms with E-state index in [1.54, 1.807) is 30.3 Å². The second-order valence-electron chi connectivity index (χ2n) is 4.31. The topological polar surface area (TPSA) is 61.5 Å². The predicted octanol–water partition coefficient (Wildman–Crippen LogP) is 2.64. The van der Waals surface area contributed by atoms with Crippen LogP contribution in [0, 0.1) is 12.3 Å². The van der Waals surface area contributed by atoms with Crippen molar-refractivity contribution in [2.75, 3.05) is 12.3 Å². The molecule has 0 bridgehead atoms. The Balaban J connectivity index is 2.03. The molecule has 21 heavy (non-hydrogen) atoms. The molecule has 0 aliphatic carbocycles. The van der Waals surface area contributed by atoms with Crippen LogP contribution in [0.25, 0.3) is 0 Å². The number of rotatable bonds is 5. The van der Waals surface area contributed by atoms with E-state index in [9.17, 15) is 4.79 Å². The van der Waals surface area contributed by atoms with Crippen molar-refractivity contribution in [3.63, 3.8) is 0 Å². The summed E-state index contributed by atoms with van der Waals surface area (Å²) < 4.78 is 10.5. The number of anilines is 1. The normalized spacial score (nSPS) is 9.67. The van der Waals surface area contributed by atoms with Crippen LogP contribution in [0.3, 0.4) is 0 Å². The number of ether oxygens (including phenoxy) is 2. The van der Waals surface area contributed by atoms with Crippen LogP contribution >= 0.6 is 0 Å². The Morgan fingerprint density at radius 1 is 1.19 bits per heavy atom. The van der Waals surface area contributed by atoms with Crippen molar-refractivity contribution >= 4 is 11.7 Å². The molecular formula is C17H15NO3. The second kappa shape index (κ2) is 7.01. The van der Waals surface area contributed by atoms with Crippen molar-refractivity contribution in [3.05, 3.63) is 59.7 Å². The molecule has 0 saturated heterocycles. The van der Waals surface area contributed by atoms with E-state index in [1.807, 2.05) is 18.2 Å². The fraction of sp³-hybridized carbons (Fsp3) is 0.118. The molecule has 106 valence electrons. The van der Waals surface area contributed by atoms with Crippen molar-refractivity contribution in [1.29, 1.82) is 0 Å². The predicted molar refractivity (Wildman–Crippen MR) is 80.7 cm³/mol. The van der Waals surface area contributed by atoms with Crippen LogP contribution in [0.2, 0.25) is 0 Å². The number of carbonyl (C=O) groups excluding carboxylic acids is 1. The van der Waals surface area contributed by atoms with E-state index in [-0.39, 0.29) is 6.61 Å². The average molecular weight is 281 g/mol. The summed E-state index contributed by atoms with van der Waals surface area (Å²) in [4.78, 5) is 11.7. The average Bonchev–Trinajstić information content (AvgIpc) is 2.52. The van der Waals surface area contributed by atoms with E-state index in [0.29, 0.717) is 23.6 Å². The van der Waals surface area contributed by atoms with Crippen LogP contribution in [0.5, 0.6) is 5.75 Å². The highest BCUT2D eigenvalue weighted by Crippen LogP contribution is 2.21. The van der Waals surface area contributed by atoms with Crippen LogP contribution in [-0.2, 0) is 11.3 Å². The maximum Gasteiger partial charge on any atom is 0.339 e. The first-order chi connectivity index (χ1) is 10.2. The summed E-state index contributed by atoms with van der Waals surface area (Å²) in [6, 6.07) is 14.2. The van der Waals surface area contributed by atoms with Gasteiger partial charge in [-0.1, -0.05) is 30.2 Å². The molecule has 2 aromatic carbocycles. The lowest BCUT2D eigenvalue weighted by molar-refractivity contribution is 0.0556. The molecule has 0 aromatic heterocycles. The summed E-state index contributed by atoms with van der Waals surface area (Å²) >= 11 is 0. The molecule has 0 aliphatic heterocycles. The lowest BCUT2D eigenvalue weighted by atomic mass is 10.1. The Hall–Kier alpha value is -2.93. The zero-order chi connectivity index (χ0) is 15.1. The molecule has 4 nitrogen and oxygen atoms in total. The lowest BCUT2D eigenvalue weighted by Gasteiger charge is -2.09. The first kappa shape index (κ1) is 14.5. The maximum atomic E-state index is 11.7. The molecule has 2 aromatic rings. The van der Waals surface area contributed by atoms with Crippen LogP contribution < -0.4 is 10.5 Å². The molecule has 2 N–H and O–H groups in total. The minimum Gasteiger partial charge on any atom is -0.487 e. The van der Waals surface area contributed by atoms with Crippen LogP contribution in [0.1, 0.15) is 15.9 Å².